The largest absolute Gasteiger partial charge is 0.472 e. The van der Waals surface area contributed by atoms with Crippen molar-refractivity contribution >= 4 is 19.8 Å². The van der Waals surface area contributed by atoms with Gasteiger partial charge < -0.3 is 24.6 Å². The van der Waals surface area contributed by atoms with Crippen LogP contribution in [0.3, 0.4) is 0 Å². The number of hydrogen-bond donors (Lipinski definition) is 3. The van der Waals surface area contributed by atoms with Crippen molar-refractivity contribution in [1.29, 1.82) is 0 Å². The van der Waals surface area contributed by atoms with Crippen molar-refractivity contribution in [3.05, 3.63) is 12.7 Å². The molecule has 0 aromatic rings. The van der Waals surface area contributed by atoms with Crippen LogP contribution < -0.4 is 0 Å². The molecule has 272 valence electrons. The average molecular weight is 679 g/mol. The zero-order valence-electron chi connectivity index (χ0n) is 28.9. The van der Waals surface area contributed by atoms with Gasteiger partial charge in [-0.15, -0.1) is 6.58 Å². The molecule has 0 bridgehead atoms. The number of esters is 2. The third-order valence-electron chi connectivity index (χ3n) is 7.82. The van der Waals surface area contributed by atoms with Crippen LogP contribution in [0.1, 0.15) is 161 Å². The molecule has 0 saturated carbocycles. The molecule has 0 radical (unpaired) electrons. The molecule has 0 heterocycles. The average Bonchev–Trinajstić information content (AvgIpc) is 3.04. The van der Waals surface area contributed by atoms with E-state index in [1.807, 2.05) is 6.08 Å². The maximum atomic E-state index is 12.4. The van der Waals surface area contributed by atoms with E-state index in [2.05, 4.69) is 18.0 Å². The van der Waals surface area contributed by atoms with Crippen LogP contribution in [0.15, 0.2) is 12.7 Å². The maximum absolute atomic E-state index is 12.4. The Balaban J connectivity index is 4.28. The van der Waals surface area contributed by atoms with Crippen LogP contribution in [-0.4, -0.2) is 65.7 Å². The summed E-state index contributed by atoms with van der Waals surface area (Å²) in [7, 11) is -4.60. The summed E-state index contributed by atoms with van der Waals surface area (Å²) in [6.07, 6.45) is 25.2. The summed E-state index contributed by atoms with van der Waals surface area (Å²) in [6, 6.07) is 0. The molecule has 0 amide bonds. The number of phosphoric acid groups is 1. The van der Waals surface area contributed by atoms with Gasteiger partial charge in [-0.3, -0.25) is 18.6 Å². The molecule has 0 aliphatic rings. The van der Waals surface area contributed by atoms with Gasteiger partial charge in [0.15, 0.2) is 6.10 Å². The topological polar surface area (TPSA) is 149 Å². The molecule has 0 rings (SSSR count). The summed E-state index contributed by atoms with van der Waals surface area (Å²) in [5.74, 6) is -0.928. The van der Waals surface area contributed by atoms with Crippen molar-refractivity contribution in [3.63, 3.8) is 0 Å². The Morgan fingerprint density at radius 3 is 1.59 bits per heavy atom. The van der Waals surface area contributed by atoms with E-state index in [9.17, 15) is 24.2 Å². The number of unbranched alkanes of at least 4 members (excludes halogenated alkanes) is 20. The number of carbonyl (C=O) groups is 2. The molecular formula is C35H67O10P. The molecule has 1 unspecified atom stereocenters. The summed E-state index contributed by atoms with van der Waals surface area (Å²) < 4.78 is 32.4. The predicted octanol–water partition coefficient (Wildman–Crippen LogP) is 8.50. The lowest BCUT2D eigenvalue weighted by molar-refractivity contribution is -0.161. The van der Waals surface area contributed by atoms with E-state index in [1.165, 1.54) is 83.5 Å². The van der Waals surface area contributed by atoms with Crippen LogP contribution in [0.5, 0.6) is 0 Å². The molecule has 0 aromatic carbocycles. The highest BCUT2D eigenvalue weighted by Gasteiger charge is 2.27. The minimum atomic E-state index is -4.60. The Morgan fingerprint density at radius 2 is 1.11 bits per heavy atom. The van der Waals surface area contributed by atoms with E-state index in [-0.39, 0.29) is 19.4 Å². The van der Waals surface area contributed by atoms with Gasteiger partial charge in [0.25, 0.3) is 0 Å². The van der Waals surface area contributed by atoms with Crippen molar-refractivity contribution in [3.8, 4) is 0 Å². The van der Waals surface area contributed by atoms with Gasteiger partial charge in [-0.1, -0.05) is 129 Å². The molecule has 11 heteroatoms. The summed E-state index contributed by atoms with van der Waals surface area (Å²) in [4.78, 5) is 34.6. The van der Waals surface area contributed by atoms with E-state index in [1.54, 1.807) is 0 Å². The van der Waals surface area contributed by atoms with E-state index >= 15 is 0 Å². The van der Waals surface area contributed by atoms with Crippen LogP contribution >= 0.6 is 7.82 Å². The standard InChI is InChI=1S/C35H67O10P/c1-3-5-7-9-11-13-14-15-16-17-18-19-21-22-24-26-34(38)42-30-33(31-44-46(40,41)43-29-32(37)28-36)45-35(39)27-25-23-20-12-10-8-6-4-2/h3,32-33,36-37H,1,4-31H2,2H3,(H,40,41)/t32-,33+/m1/s1. The number of ether oxygens (including phenoxy) is 2. The Bertz CT molecular complexity index is 778. The molecule has 0 aliphatic heterocycles. The Labute approximate surface area is 279 Å². The number of allylic oxidation sites excluding steroid dienone is 1. The highest BCUT2D eigenvalue weighted by molar-refractivity contribution is 7.47. The Hall–Kier alpha value is -1.29. The fourth-order valence-electron chi connectivity index (χ4n) is 4.97. The lowest BCUT2D eigenvalue weighted by atomic mass is 10.0. The number of rotatable bonds is 35. The number of hydrogen-bond acceptors (Lipinski definition) is 9. The van der Waals surface area contributed by atoms with Gasteiger partial charge in [0.05, 0.1) is 19.8 Å². The Morgan fingerprint density at radius 1 is 0.674 bits per heavy atom. The molecular weight excluding hydrogens is 611 g/mol. The maximum Gasteiger partial charge on any atom is 0.472 e. The summed E-state index contributed by atoms with van der Waals surface area (Å²) >= 11 is 0. The number of carbonyl (C=O) groups excluding carboxylic acids is 2. The first-order valence-electron chi connectivity index (χ1n) is 18.1. The lowest BCUT2D eigenvalue weighted by Gasteiger charge is -2.20. The van der Waals surface area contributed by atoms with Crippen molar-refractivity contribution in [2.75, 3.05) is 26.4 Å². The van der Waals surface area contributed by atoms with Gasteiger partial charge in [0.1, 0.15) is 12.7 Å². The van der Waals surface area contributed by atoms with E-state index < -0.39 is 51.8 Å². The minimum Gasteiger partial charge on any atom is -0.462 e. The summed E-state index contributed by atoms with van der Waals surface area (Å²) in [5.41, 5.74) is 0. The van der Waals surface area contributed by atoms with Crippen molar-refractivity contribution in [1.82, 2.24) is 0 Å². The van der Waals surface area contributed by atoms with Gasteiger partial charge in [0.2, 0.25) is 0 Å². The van der Waals surface area contributed by atoms with E-state index in [4.69, 9.17) is 19.1 Å². The third kappa shape index (κ3) is 31.3. The van der Waals surface area contributed by atoms with Crippen molar-refractivity contribution in [2.24, 2.45) is 0 Å². The number of aliphatic hydroxyl groups is 2. The first-order valence-corrected chi connectivity index (χ1v) is 19.6. The second-order valence-corrected chi connectivity index (χ2v) is 13.8. The molecule has 0 spiro atoms. The van der Waals surface area contributed by atoms with Crippen LogP contribution in [0.25, 0.3) is 0 Å². The van der Waals surface area contributed by atoms with Gasteiger partial charge >= 0.3 is 19.8 Å². The highest BCUT2D eigenvalue weighted by Crippen LogP contribution is 2.43. The van der Waals surface area contributed by atoms with E-state index in [0.29, 0.717) is 12.8 Å². The molecule has 3 N–H and O–H groups in total. The van der Waals surface area contributed by atoms with Crippen LogP contribution in [0, 0.1) is 0 Å². The number of aliphatic hydroxyl groups excluding tert-OH is 2. The lowest BCUT2D eigenvalue weighted by Crippen LogP contribution is -2.29. The zero-order valence-corrected chi connectivity index (χ0v) is 29.8. The van der Waals surface area contributed by atoms with Crippen LogP contribution in [-0.2, 0) is 32.7 Å². The van der Waals surface area contributed by atoms with Crippen LogP contribution in [0.4, 0.5) is 0 Å². The normalized spacial score (nSPS) is 14.0. The first kappa shape index (κ1) is 44.7. The molecule has 10 nitrogen and oxygen atoms in total. The van der Waals surface area contributed by atoms with Gasteiger partial charge in [-0.25, -0.2) is 4.57 Å². The first-order chi connectivity index (χ1) is 22.2. The fraction of sp³-hybridized carbons (Fsp3) is 0.886. The Kier molecular flexibility index (Phi) is 31.4. The zero-order chi connectivity index (χ0) is 34.1. The van der Waals surface area contributed by atoms with Crippen molar-refractivity contribution in [2.45, 2.75) is 173 Å². The monoisotopic (exact) mass is 678 g/mol. The smallest absolute Gasteiger partial charge is 0.462 e. The minimum absolute atomic E-state index is 0.186. The van der Waals surface area contributed by atoms with Crippen LogP contribution in [0.2, 0.25) is 0 Å². The molecule has 0 saturated heterocycles. The molecule has 46 heavy (non-hydrogen) atoms. The molecule has 0 aliphatic carbocycles. The van der Waals surface area contributed by atoms with Gasteiger partial charge in [-0.2, -0.15) is 0 Å². The number of phosphoric ester groups is 1. The van der Waals surface area contributed by atoms with Crippen molar-refractivity contribution < 1.29 is 47.8 Å². The van der Waals surface area contributed by atoms with Gasteiger partial charge in [-0.05, 0) is 25.7 Å². The summed E-state index contributed by atoms with van der Waals surface area (Å²) in [5, 5.41) is 18.2. The third-order valence-corrected chi connectivity index (χ3v) is 8.77. The highest BCUT2D eigenvalue weighted by atomic mass is 31.2. The predicted molar refractivity (Wildman–Crippen MR) is 182 cm³/mol. The SMILES string of the molecule is C=CCCCCCCCCCCCCCCCC(=O)OC[C@@H](COP(=O)(O)OC[C@H](O)CO)OC(=O)CCCCCCCCCC. The second-order valence-electron chi connectivity index (χ2n) is 12.3. The van der Waals surface area contributed by atoms with Gasteiger partial charge in [0, 0.05) is 12.8 Å². The summed E-state index contributed by atoms with van der Waals surface area (Å²) in [6.45, 7) is 3.84. The molecule has 0 fully saturated rings. The second kappa shape index (κ2) is 32.3. The quantitative estimate of drug-likeness (QED) is 0.0258. The fourth-order valence-corrected chi connectivity index (χ4v) is 5.76. The van der Waals surface area contributed by atoms with E-state index in [0.717, 1.165) is 44.9 Å². The molecule has 0 aromatic heterocycles. The molecule has 3 atom stereocenters.